The van der Waals surface area contributed by atoms with E-state index < -0.39 is 0 Å². The number of halogens is 1. The first-order valence-electron chi connectivity index (χ1n) is 6.83. The van der Waals surface area contributed by atoms with Gasteiger partial charge in [0.05, 0.1) is 6.61 Å². The molecule has 0 bridgehead atoms. The Morgan fingerprint density at radius 3 is 2.79 bits per heavy atom. The summed E-state index contributed by atoms with van der Waals surface area (Å²) >= 11 is 6.11. The average Bonchev–Trinajstić information content (AvgIpc) is 2.42. The van der Waals surface area contributed by atoms with Crippen LogP contribution in [0.4, 0.5) is 0 Å². The standard InChI is InChI=1S/C14H23ClN2O2/c1-3-5-6-18-7-8-19-14-13(15)9-12(11-17-14)10-16-4-2/h9,11,16H,3-8,10H2,1-2H3. The molecule has 0 radical (unpaired) electrons. The summed E-state index contributed by atoms with van der Waals surface area (Å²) in [6, 6.07) is 1.88. The van der Waals surface area contributed by atoms with Crippen LogP contribution in [-0.2, 0) is 11.3 Å². The van der Waals surface area contributed by atoms with Crippen molar-refractivity contribution in [2.45, 2.75) is 33.2 Å². The number of nitrogens with one attached hydrogen (secondary N) is 1. The molecule has 108 valence electrons. The van der Waals surface area contributed by atoms with Gasteiger partial charge >= 0.3 is 0 Å². The molecule has 0 atom stereocenters. The molecule has 1 N–H and O–H groups in total. The zero-order valence-electron chi connectivity index (χ0n) is 11.7. The third-order valence-corrected chi connectivity index (χ3v) is 2.82. The molecule has 4 nitrogen and oxygen atoms in total. The molecule has 0 aliphatic carbocycles. The van der Waals surface area contributed by atoms with Gasteiger partial charge in [-0.05, 0) is 24.6 Å². The predicted molar refractivity (Wildman–Crippen MR) is 77.8 cm³/mol. The van der Waals surface area contributed by atoms with E-state index in [1.807, 2.05) is 6.07 Å². The Morgan fingerprint density at radius 2 is 2.11 bits per heavy atom. The number of aromatic nitrogens is 1. The summed E-state index contributed by atoms with van der Waals surface area (Å²) in [6.45, 7) is 7.71. The molecule has 0 aliphatic heterocycles. The van der Waals surface area contributed by atoms with Gasteiger partial charge < -0.3 is 14.8 Å². The van der Waals surface area contributed by atoms with Crippen LogP contribution >= 0.6 is 11.6 Å². The van der Waals surface area contributed by atoms with Gasteiger partial charge in [-0.25, -0.2) is 4.98 Å². The van der Waals surface area contributed by atoms with Crippen LogP contribution in [0, 0.1) is 0 Å². The molecular formula is C14H23ClN2O2. The van der Waals surface area contributed by atoms with Crippen molar-refractivity contribution in [3.05, 3.63) is 22.8 Å². The van der Waals surface area contributed by atoms with Crippen molar-refractivity contribution < 1.29 is 9.47 Å². The van der Waals surface area contributed by atoms with Crippen molar-refractivity contribution in [2.24, 2.45) is 0 Å². The molecule has 0 fully saturated rings. The van der Waals surface area contributed by atoms with Gasteiger partial charge in [0.15, 0.2) is 0 Å². The highest BCUT2D eigenvalue weighted by Gasteiger charge is 2.04. The van der Waals surface area contributed by atoms with E-state index in [0.29, 0.717) is 24.1 Å². The molecule has 0 aromatic carbocycles. The van der Waals surface area contributed by atoms with Crippen LogP contribution in [0.5, 0.6) is 5.88 Å². The normalized spacial score (nSPS) is 10.7. The highest BCUT2D eigenvalue weighted by Crippen LogP contribution is 2.22. The first-order chi connectivity index (χ1) is 9.27. The van der Waals surface area contributed by atoms with Crippen LogP contribution < -0.4 is 10.1 Å². The lowest BCUT2D eigenvalue weighted by Gasteiger charge is -2.09. The fraction of sp³-hybridized carbons (Fsp3) is 0.643. The fourth-order valence-electron chi connectivity index (χ4n) is 1.48. The molecule has 1 rings (SSSR count). The van der Waals surface area contributed by atoms with E-state index in [2.05, 4.69) is 24.1 Å². The number of hydrogen-bond acceptors (Lipinski definition) is 4. The highest BCUT2D eigenvalue weighted by atomic mass is 35.5. The second kappa shape index (κ2) is 10.0. The van der Waals surface area contributed by atoms with Crippen molar-refractivity contribution >= 4 is 11.6 Å². The Balaban J connectivity index is 2.29. The van der Waals surface area contributed by atoms with Crippen LogP contribution in [0.3, 0.4) is 0 Å². The number of ether oxygens (including phenoxy) is 2. The van der Waals surface area contributed by atoms with Crippen molar-refractivity contribution in [1.29, 1.82) is 0 Å². The van der Waals surface area contributed by atoms with E-state index >= 15 is 0 Å². The maximum Gasteiger partial charge on any atom is 0.232 e. The Bertz CT molecular complexity index is 361. The molecule has 0 saturated heterocycles. The zero-order valence-corrected chi connectivity index (χ0v) is 12.5. The van der Waals surface area contributed by atoms with E-state index in [0.717, 1.165) is 38.1 Å². The summed E-state index contributed by atoms with van der Waals surface area (Å²) in [5.41, 5.74) is 1.05. The molecule has 5 heteroatoms. The third-order valence-electron chi connectivity index (χ3n) is 2.55. The molecule has 0 amide bonds. The molecule has 0 unspecified atom stereocenters. The number of hydrogen-bond donors (Lipinski definition) is 1. The highest BCUT2D eigenvalue weighted by molar-refractivity contribution is 6.31. The second-order valence-electron chi connectivity index (χ2n) is 4.23. The Labute approximate surface area is 120 Å². The van der Waals surface area contributed by atoms with E-state index in [-0.39, 0.29) is 0 Å². The largest absolute Gasteiger partial charge is 0.474 e. The minimum atomic E-state index is 0.473. The van der Waals surface area contributed by atoms with Gasteiger partial charge in [-0.2, -0.15) is 0 Å². The van der Waals surface area contributed by atoms with Crippen molar-refractivity contribution in [3.63, 3.8) is 0 Å². The molecule has 0 aliphatic rings. The van der Waals surface area contributed by atoms with Crippen molar-refractivity contribution in [3.8, 4) is 5.88 Å². The average molecular weight is 287 g/mol. The minimum absolute atomic E-state index is 0.473. The van der Waals surface area contributed by atoms with E-state index in [4.69, 9.17) is 21.1 Å². The summed E-state index contributed by atoms with van der Waals surface area (Å²) in [4.78, 5) is 4.22. The lowest BCUT2D eigenvalue weighted by atomic mass is 10.3. The van der Waals surface area contributed by atoms with Crippen LogP contribution in [0.1, 0.15) is 32.3 Å². The first-order valence-corrected chi connectivity index (χ1v) is 7.21. The van der Waals surface area contributed by atoms with Crippen LogP contribution in [0.15, 0.2) is 12.3 Å². The first kappa shape index (κ1) is 16.2. The van der Waals surface area contributed by atoms with Gasteiger partial charge in [0.2, 0.25) is 5.88 Å². The van der Waals surface area contributed by atoms with E-state index in [1.165, 1.54) is 0 Å². The fourth-order valence-corrected chi connectivity index (χ4v) is 1.73. The van der Waals surface area contributed by atoms with Gasteiger partial charge in [-0.3, -0.25) is 0 Å². The molecule has 0 saturated carbocycles. The smallest absolute Gasteiger partial charge is 0.232 e. The lowest BCUT2D eigenvalue weighted by molar-refractivity contribution is 0.0965. The third kappa shape index (κ3) is 6.76. The Morgan fingerprint density at radius 1 is 1.26 bits per heavy atom. The van der Waals surface area contributed by atoms with E-state index in [1.54, 1.807) is 6.20 Å². The topological polar surface area (TPSA) is 43.4 Å². The molecule has 0 spiro atoms. The summed E-state index contributed by atoms with van der Waals surface area (Å²) in [5.74, 6) is 0.473. The number of rotatable bonds is 10. The maximum atomic E-state index is 6.11. The monoisotopic (exact) mass is 286 g/mol. The molecule has 1 heterocycles. The summed E-state index contributed by atoms with van der Waals surface area (Å²) in [7, 11) is 0. The van der Waals surface area contributed by atoms with Gasteiger partial charge in [0.25, 0.3) is 0 Å². The second-order valence-corrected chi connectivity index (χ2v) is 4.63. The van der Waals surface area contributed by atoms with Gasteiger partial charge in [-0.1, -0.05) is 31.9 Å². The van der Waals surface area contributed by atoms with Crippen LogP contribution in [0.2, 0.25) is 5.02 Å². The molecular weight excluding hydrogens is 264 g/mol. The molecule has 1 aromatic rings. The van der Waals surface area contributed by atoms with Gasteiger partial charge in [0.1, 0.15) is 11.6 Å². The van der Waals surface area contributed by atoms with E-state index in [9.17, 15) is 0 Å². The summed E-state index contributed by atoms with van der Waals surface area (Å²) in [6.07, 6.45) is 4.00. The van der Waals surface area contributed by atoms with Gasteiger partial charge in [0, 0.05) is 19.3 Å². The predicted octanol–water partition coefficient (Wildman–Crippen LogP) is 3.04. The summed E-state index contributed by atoms with van der Waals surface area (Å²) in [5, 5.41) is 3.77. The number of unbranched alkanes of at least 4 members (excludes halogenated alkanes) is 1. The maximum absolute atomic E-state index is 6.11. The zero-order chi connectivity index (χ0) is 13.9. The Kier molecular flexibility index (Phi) is 8.54. The van der Waals surface area contributed by atoms with Crippen LogP contribution in [-0.4, -0.2) is 31.3 Å². The molecule has 19 heavy (non-hydrogen) atoms. The lowest BCUT2D eigenvalue weighted by Crippen LogP contribution is -2.12. The summed E-state index contributed by atoms with van der Waals surface area (Å²) < 4.78 is 10.9. The molecule has 1 aromatic heterocycles. The number of nitrogens with zero attached hydrogens (tertiary/aromatic N) is 1. The van der Waals surface area contributed by atoms with Crippen LogP contribution in [0.25, 0.3) is 0 Å². The Hall–Kier alpha value is -0.840. The SMILES string of the molecule is CCCCOCCOc1ncc(CNCC)cc1Cl. The quantitative estimate of drug-likeness (QED) is 0.672. The minimum Gasteiger partial charge on any atom is -0.474 e. The van der Waals surface area contributed by atoms with Crippen molar-refractivity contribution in [1.82, 2.24) is 10.3 Å². The number of pyridine rings is 1. The van der Waals surface area contributed by atoms with Gasteiger partial charge in [-0.15, -0.1) is 0 Å². The van der Waals surface area contributed by atoms with Crippen molar-refractivity contribution in [2.75, 3.05) is 26.4 Å².